The molecular weight excluding hydrogens is 376 g/mol. The van der Waals surface area contributed by atoms with E-state index in [9.17, 15) is 9.59 Å². The first-order chi connectivity index (χ1) is 14.6. The van der Waals surface area contributed by atoms with Crippen LogP contribution in [0.3, 0.4) is 0 Å². The fourth-order valence-corrected chi connectivity index (χ4v) is 6.69. The standard InChI is InChI=1S/C25H34N2O3/c1-30-21-8-6-7-18-13-19-16-26(17-20(19)24(18)21)11-4-5-12-27-22(28)14-25(15-23(27)29)9-2-3-10-25/h6-8,19-20H,2-5,9-17H2,1H3. The number of rotatable bonds is 6. The summed E-state index contributed by atoms with van der Waals surface area (Å²) in [5.74, 6) is 2.48. The van der Waals surface area contributed by atoms with Gasteiger partial charge in [0.05, 0.1) is 7.11 Å². The van der Waals surface area contributed by atoms with Gasteiger partial charge < -0.3 is 9.64 Å². The average Bonchev–Trinajstić information content (AvgIpc) is 3.41. The summed E-state index contributed by atoms with van der Waals surface area (Å²) in [5, 5.41) is 0. The molecule has 2 saturated heterocycles. The molecule has 0 bridgehead atoms. The number of nitrogens with zero attached hydrogens (tertiary/aromatic N) is 2. The molecule has 162 valence electrons. The van der Waals surface area contributed by atoms with Crippen LogP contribution in [0.1, 0.15) is 68.4 Å². The van der Waals surface area contributed by atoms with E-state index in [1.165, 1.54) is 24.0 Å². The fourth-order valence-electron chi connectivity index (χ4n) is 6.69. The van der Waals surface area contributed by atoms with Crippen LogP contribution in [0.25, 0.3) is 0 Å². The molecule has 2 heterocycles. The lowest BCUT2D eigenvalue weighted by molar-refractivity contribution is -0.153. The number of likely N-dealkylation sites (tertiary alicyclic amines) is 2. The first-order valence-corrected chi connectivity index (χ1v) is 11.8. The minimum atomic E-state index is 0.00928. The maximum Gasteiger partial charge on any atom is 0.229 e. The topological polar surface area (TPSA) is 49.9 Å². The van der Waals surface area contributed by atoms with Crippen molar-refractivity contribution in [2.75, 3.05) is 33.3 Å². The lowest BCUT2D eigenvalue weighted by atomic mass is 9.76. The van der Waals surface area contributed by atoms with Crippen LogP contribution >= 0.6 is 0 Å². The van der Waals surface area contributed by atoms with Gasteiger partial charge in [-0.1, -0.05) is 25.0 Å². The van der Waals surface area contributed by atoms with Crippen LogP contribution in [-0.4, -0.2) is 54.9 Å². The van der Waals surface area contributed by atoms with Crippen molar-refractivity contribution in [2.24, 2.45) is 11.3 Å². The number of carbonyl (C=O) groups excluding carboxylic acids is 2. The second kappa shape index (κ2) is 7.99. The number of amides is 2. The minimum absolute atomic E-state index is 0.00928. The van der Waals surface area contributed by atoms with Gasteiger partial charge in [0.2, 0.25) is 11.8 Å². The van der Waals surface area contributed by atoms with Crippen LogP contribution in [0.15, 0.2) is 18.2 Å². The van der Waals surface area contributed by atoms with E-state index in [2.05, 4.69) is 23.1 Å². The van der Waals surface area contributed by atoms with Crippen molar-refractivity contribution in [3.63, 3.8) is 0 Å². The summed E-state index contributed by atoms with van der Waals surface area (Å²) >= 11 is 0. The molecule has 1 saturated carbocycles. The smallest absolute Gasteiger partial charge is 0.229 e. The summed E-state index contributed by atoms with van der Waals surface area (Å²) in [5.41, 5.74) is 2.90. The van der Waals surface area contributed by atoms with Gasteiger partial charge in [0.15, 0.2) is 0 Å². The number of hydrogen-bond donors (Lipinski definition) is 0. The Kier molecular flexibility index (Phi) is 5.34. The molecule has 1 aromatic carbocycles. The Morgan fingerprint density at radius 2 is 1.77 bits per heavy atom. The van der Waals surface area contributed by atoms with Crippen molar-refractivity contribution < 1.29 is 14.3 Å². The second-order valence-corrected chi connectivity index (χ2v) is 10.1. The molecule has 5 nitrogen and oxygen atoms in total. The first kappa shape index (κ1) is 20.0. The summed E-state index contributed by atoms with van der Waals surface area (Å²) < 4.78 is 5.63. The Balaban J connectivity index is 1.10. The fraction of sp³-hybridized carbons (Fsp3) is 0.680. The molecule has 3 fully saturated rings. The van der Waals surface area contributed by atoms with E-state index >= 15 is 0 Å². The number of methoxy groups -OCH3 is 1. The molecule has 1 spiro atoms. The molecular formula is C25H34N2O3. The maximum atomic E-state index is 12.6. The number of carbonyl (C=O) groups is 2. The molecule has 2 unspecified atom stereocenters. The van der Waals surface area contributed by atoms with E-state index < -0.39 is 0 Å². The largest absolute Gasteiger partial charge is 0.496 e. The van der Waals surface area contributed by atoms with Crippen molar-refractivity contribution in [3.05, 3.63) is 29.3 Å². The van der Waals surface area contributed by atoms with E-state index in [0.29, 0.717) is 31.2 Å². The Hall–Kier alpha value is -1.88. The maximum absolute atomic E-state index is 12.6. The van der Waals surface area contributed by atoms with Crippen LogP contribution < -0.4 is 4.74 Å². The van der Waals surface area contributed by atoms with Crippen LogP contribution in [0.2, 0.25) is 0 Å². The number of unbranched alkanes of at least 4 members (excludes halogenated alkanes) is 1. The Labute approximate surface area is 179 Å². The van der Waals surface area contributed by atoms with Gasteiger partial charge in [0.25, 0.3) is 0 Å². The van der Waals surface area contributed by atoms with Crippen molar-refractivity contribution in [1.82, 2.24) is 9.80 Å². The van der Waals surface area contributed by atoms with Gasteiger partial charge in [-0.15, -0.1) is 0 Å². The molecule has 2 aliphatic carbocycles. The van der Waals surface area contributed by atoms with E-state index in [1.54, 1.807) is 12.0 Å². The predicted octanol–water partition coefficient (Wildman–Crippen LogP) is 3.76. The van der Waals surface area contributed by atoms with Crippen LogP contribution in [-0.2, 0) is 16.0 Å². The number of piperidine rings is 1. The van der Waals surface area contributed by atoms with Crippen molar-refractivity contribution in [1.29, 1.82) is 0 Å². The lowest BCUT2D eigenvalue weighted by Crippen LogP contribution is -2.47. The van der Waals surface area contributed by atoms with Crippen LogP contribution in [0.5, 0.6) is 5.75 Å². The molecule has 4 aliphatic rings. The third-order valence-corrected chi connectivity index (χ3v) is 8.17. The van der Waals surface area contributed by atoms with Crippen molar-refractivity contribution in [3.8, 4) is 5.75 Å². The number of hydrogen-bond acceptors (Lipinski definition) is 4. The van der Waals surface area contributed by atoms with Crippen LogP contribution in [0.4, 0.5) is 0 Å². The number of fused-ring (bicyclic) bond motifs is 3. The molecule has 0 N–H and O–H groups in total. The molecule has 2 amide bonds. The molecule has 1 aromatic rings. The molecule has 5 heteroatoms. The third kappa shape index (κ3) is 3.55. The van der Waals surface area contributed by atoms with Gasteiger partial charge in [-0.05, 0) is 61.6 Å². The van der Waals surface area contributed by atoms with Gasteiger partial charge in [-0.25, -0.2) is 0 Å². The Morgan fingerprint density at radius 1 is 1.03 bits per heavy atom. The zero-order valence-electron chi connectivity index (χ0n) is 18.2. The summed E-state index contributed by atoms with van der Waals surface area (Å²) in [6.07, 6.45) is 8.77. The quantitative estimate of drug-likeness (QED) is 0.529. The van der Waals surface area contributed by atoms with Crippen LogP contribution in [0, 0.1) is 11.3 Å². The Bertz CT molecular complexity index is 810. The zero-order chi connectivity index (χ0) is 20.7. The van der Waals surface area contributed by atoms with Crippen molar-refractivity contribution in [2.45, 2.75) is 63.7 Å². The Morgan fingerprint density at radius 3 is 2.50 bits per heavy atom. The normalized spacial score (nSPS) is 27.7. The second-order valence-electron chi connectivity index (χ2n) is 10.1. The van der Waals surface area contributed by atoms with Crippen molar-refractivity contribution >= 4 is 11.8 Å². The summed E-state index contributed by atoms with van der Waals surface area (Å²) in [4.78, 5) is 29.3. The van der Waals surface area contributed by atoms with Gasteiger partial charge in [-0.3, -0.25) is 14.5 Å². The molecule has 0 aromatic heterocycles. The van der Waals surface area contributed by atoms with Gasteiger partial charge in [0, 0.05) is 44.0 Å². The van der Waals surface area contributed by atoms with E-state index in [-0.39, 0.29) is 17.2 Å². The number of benzene rings is 1. The van der Waals surface area contributed by atoms with Gasteiger partial charge >= 0.3 is 0 Å². The highest BCUT2D eigenvalue weighted by Crippen LogP contribution is 2.48. The molecule has 0 radical (unpaired) electrons. The monoisotopic (exact) mass is 410 g/mol. The summed E-state index contributed by atoms with van der Waals surface area (Å²) in [6, 6.07) is 6.45. The molecule has 2 atom stereocenters. The minimum Gasteiger partial charge on any atom is -0.496 e. The molecule has 30 heavy (non-hydrogen) atoms. The average molecular weight is 411 g/mol. The molecule has 5 rings (SSSR count). The summed E-state index contributed by atoms with van der Waals surface area (Å²) in [6.45, 7) is 3.90. The van der Waals surface area contributed by atoms with Gasteiger partial charge in [0.1, 0.15) is 5.75 Å². The molecule has 2 aliphatic heterocycles. The highest BCUT2D eigenvalue weighted by Gasteiger charge is 2.45. The SMILES string of the molecule is COc1cccc2c1C1CN(CCCCN3C(=O)CC4(CCCC4)CC3=O)CC1C2. The summed E-state index contributed by atoms with van der Waals surface area (Å²) in [7, 11) is 1.77. The lowest BCUT2D eigenvalue weighted by Gasteiger charge is -2.37. The van der Waals surface area contributed by atoms with E-state index in [4.69, 9.17) is 4.74 Å². The van der Waals surface area contributed by atoms with E-state index in [1.807, 2.05) is 0 Å². The highest BCUT2D eigenvalue weighted by molar-refractivity contribution is 5.98. The third-order valence-electron chi connectivity index (χ3n) is 8.17. The number of imide groups is 1. The first-order valence-electron chi connectivity index (χ1n) is 11.8. The predicted molar refractivity (Wildman–Crippen MR) is 115 cm³/mol. The highest BCUT2D eigenvalue weighted by atomic mass is 16.5. The number of ether oxygens (including phenoxy) is 1. The zero-order valence-corrected chi connectivity index (χ0v) is 18.2. The van der Waals surface area contributed by atoms with Gasteiger partial charge in [-0.2, -0.15) is 0 Å². The van der Waals surface area contributed by atoms with E-state index in [0.717, 1.165) is 57.5 Å².